The summed E-state index contributed by atoms with van der Waals surface area (Å²) in [4.78, 5) is 24.4. The SMILES string of the molecule is CC[C@@H](C)c1ccc(C(=O)COC(=O)c2ccc(-n3cnnn3)cc2)cc1. The summed E-state index contributed by atoms with van der Waals surface area (Å²) < 4.78 is 6.61. The van der Waals surface area contributed by atoms with E-state index < -0.39 is 5.97 Å². The van der Waals surface area contributed by atoms with E-state index in [4.69, 9.17) is 4.74 Å². The molecule has 7 heteroatoms. The fourth-order valence-corrected chi connectivity index (χ4v) is 2.56. The maximum Gasteiger partial charge on any atom is 0.338 e. The summed E-state index contributed by atoms with van der Waals surface area (Å²) in [6.45, 7) is 3.97. The zero-order chi connectivity index (χ0) is 19.2. The number of tetrazole rings is 1. The quantitative estimate of drug-likeness (QED) is 0.472. The molecule has 3 aromatic rings. The molecule has 3 rings (SSSR count). The van der Waals surface area contributed by atoms with Gasteiger partial charge in [-0.05, 0) is 52.6 Å². The number of hydrogen-bond donors (Lipinski definition) is 0. The van der Waals surface area contributed by atoms with E-state index in [-0.39, 0.29) is 12.4 Å². The summed E-state index contributed by atoms with van der Waals surface area (Å²) in [5.41, 5.74) is 2.79. The summed E-state index contributed by atoms with van der Waals surface area (Å²) >= 11 is 0. The monoisotopic (exact) mass is 364 g/mol. The zero-order valence-electron chi connectivity index (χ0n) is 15.2. The highest BCUT2D eigenvalue weighted by Gasteiger charge is 2.13. The van der Waals surface area contributed by atoms with Crippen molar-refractivity contribution in [3.05, 3.63) is 71.5 Å². The molecule has 138 valence electrons. The van der Waals surface area contributed by atoms with Gasteiger partial charge < -0.3 is 4.74 Å². The van der Waals surface area contributed by atoms with Crippen LogP contribution in [-0.2, 0) is 4.74 Å². The maximum absolute atomic E-state index is 12.2. The minimum Gasteiger partial charge on any atom is -0.454 e. The minimum absolute atomic E-state index is 0.232. The third-order valence-corrected chi connectivity index (χ3v) is 4.46. The van der Waals surface area contributed by atoms with Gasteiger partial charge in [0.2, 0.25) is 0 Å². The molecule has 1 atom stereocenters. The Bertz CT molecular complexity index is 903. The van der Waals surface area contributed by atoms with E-state index in [1.54, 1.807) is 36.4 Å². The summed E-state index contributed by atoms with van der Waals surface area (Å²) in [6.07, 6.45) is 2.50. The molecule has 0 aliphatic carbocycles. The standard InChI is InChI=1S/C20H20N4O3/c1-3-14(2)15-4-6-16(7-5-15)19(25)12-27-20(26)17-8-10-18(11-9-17)24-13-21-22-23-24/h4-11,13-14H,3,12H2,1-2H3/t14-/m1/s1. The van der Waals surface area contributed by atoms with Gasteiger partial charge in [0.25, 0.3) is 0 Å². The number of Topliss-reactive ketones (excluding diaryl/α,β-unsaturated/α-hetero) is 1. The second kappa shape index (κ2) is 8.35. The lowest BCUT2D eigenvalue weighted by molar-refractivity contribution is 0.0475. The zero-order valence-corrected chi connectivity index (χ0v) is 15.2. The number of rotatable bonds is 7. The fourth-order valence-electron chi connectivity index (χ4n) is 2.56. The third-order valence-electron chi connectivity index (χ3n) is 4.46. The Morgan fingerprint density at radius 2 is 1.70 bits per heavy atom. The van der Waals surface area contributed by atoms with Crippen molar-refractivity contribution in [3.63, 3.8) is 0 Å². The van der Waals surface area contributed by atoms with Crippen LogP contribution < -0.4 is 0 Å². The second-order valence-corrected chi connectivity index (χ2v) is 6.23. The normalized spacial score (nSPS) is 11.8. The first kappa shape index (κ1) is 18.4. The average molecular weight is 364 g/mol. The van der Waals surface area contributed by atoms with Crippen LogP contribution in [0.3, 0.4) is 0 Å². The van der Waals surface area contributed by atoms with Gasteiger partial charge in [-0.15, -0.1) is 5.10 Å². The molecule has 0 aliphatic heterocycles. The lowest BCUT2D eigenvalue weighted by Gasteiger charge is -2.09. The summed E-state index contributed by atoms with van der Waals surface area (Å²) in [5.74, 6) is -0.338. The van der Waals surface area contributed by atoms with Gasteiger partial charge in [0.1, 0.15) is 6.33 Å². The number of carbonyl (C=O) groups excluding carboxylic acids is 2. The van der Waals surface area contributed by atoms with Crippen LogP contribution in [0.25, 0.3) is 5.69 Å². The molecule has 27 heavy (non-hydrogen) atoms. The Labute approximate surface area is 157 Å². The van der Waals surface area contributed by atoms with Crippen LogP contribution in [0, 0.1) is 0 Å². The molecule has 0 aliphatic rings. The molecule has 1 aromatic heterocycles. The molecule has 0 amide bonds. The minimum atomic E-state index is -0.553. The topological polar surface area (TPSA) is 87.0 Å². The number of esters is 1. The average Bonchev–Trinajstić information content (AvgIpc) is 3.26. The predicted octanol–water partition coefficient (Wildman–Crippen LogP) is 3.22. The first-order chi connectivity index (χ1) is 13.1. The van der Waals surface area contributed by atoms with Crippen molar-refractivity contribution in [2.75, 3.05) is 6.61 Å². The highest BCUT2D eigenvalue weighted by molar-refractivity contribution is 5.99. The predicted molar refractivity (Wildman–Crippen MR) is 98.9 cm³/mol. The molecule has 0 fully saturated rings. The van der Waals surface area contributed by atoms with E-state index in [1.165, 1.54) is 16.6 Å². The summed E-state index contributed by atoms with van der Waals surface area (Å²) in [6, 6.07) is 14.0. The number of benzene rings is 2. The van der Waals surface area contributed by atoms with Gasteiger partial charge in [0, 0.05) is 5.56 Å². The van der Waals surface area contributed by atoms with Crippen molar-refractivity contribution in [3.8, 4) is 5.69 Å². The van der Waals surface area contributed by atoms with Crippen LogP contribution in [0.5, 0.6) is 0 Å². The molecule has 0 N–H and O–H groups in total. The van der Waals surface area contributed by atoms with E-state index in [0.717, 1.165) is 6.42 Å². The number of ether oxygens (including phenoxy) is 1. The highest BCUT2D eigenvalue weighted by atomic mass is 16.5. The van der Waals surface area contributed by atoms with E-state index in [2.05, 4.69) is 29.4 Å². The number of carbonyl (C=O) groups is 2. The number of ketones is 1. The highest BCUT2D eigenvalue weighted by Crippen LogP contribution is 2.19. The summed E-state index contributed by atoms with van der Waals surface area (Å²) in [5, 5.41) is 10.9. The van der Waals surface area contributed by atoms with Crippen molar-refractivity contribution in [1.82, 2.24) is 20.2 Å². The van der Waals surface area contributed by atoms with Gasteiger partial charge in [-0.2, -0.15) is 0 Å². The number of nitrogens with zero attached hydrogens (tertiary/aromatic N) is 4. The van der Waals surface area contributed by atoms with Crippen molar-refractivity contribution in [2.45, 2.75) is 26.2 Å². The van der Waals surface area contributed by atoms with Gasteiger partial charge in [0.05, 0.1) is 11.3 Å². The van der Waals surface area contributed by atoms with Crippen molar-refractivity contribution in [2.24, 2.45) is 0 Å². The van der Waals surface area contributed by atoms with E-state index in [1.807, 2.05) is 12.1 Å². The van der Waals surface area contributed by atoms with Gasteiger partial charge in [-0.3, -0.25) is 4.79 Å². The van der Waals surface area contributed by atoms with Crippen LogP contribution in [-0.4, -0.2) is 38.6 Å². The van der Waals surface area contributed by atoms with Crippen LogP contribution >= 0.6 is 0 Å². The van der Waals surface area contributed by atoms with Crippen LogP contribution in [0.2, 0.25) is 0 Å². The molecular formula is C20H20N4O3. The molecule has 0 bridgehead atoms. The first-order valence-corrected chi connectivity index (χ1v) is 8.72. The van der Waals surface area contributed by atoms with Gasteiger partial charge in [-0.25, -0.2) is 9.48 Å². The smallest absolute Gasteiger partial charge is 0.338 e. The Kier molecular flexibility index (Phi) is 5.71. The first-order valence-electron chi connectivity index (χ1n) is 8.72. The Hall–Kier alpha value is -3.35. The molecule has 0 saturated heterocycles. The molecule has 7 nitrogen and oxygen atoms in total. The Morgan fingerprint density at radius 3 is 2.30 bits per heavy atom. The van der Waals surface area contributed by atoms with Crippen LogP contribution in [0.4, 0.5) is 0 Å². The molecule has 0 spiro atoms. The summed E-state index contributed by atoms with van der Waals surface area (Å²) in [7, 11) is 0. The molecule has 1 heterocycles. The third kappa shape index (κ3) is 4.44. The molecule has 2 aromatic carbocycles. The van der Waals surface area contributed by atoms with Crippen LogP contribution in [0.15, 0.2) is 54.9 Å². The van der Waals surface area contributed by atoms with E-state index >= 15 is 0 Å². The van der Waals surface area contributed by atoms with E-state index in [0.29, 0.717) is 22.7 Å². The van der Waals surface area contributed by atoms with Crippen LogP contribution in [0.1, 0.15) is 52.5 Å². The Balaban J connectivity index is 1.57. The van der Waals surface area contributed by atoms with Crippen molar-refractivity contribution < 1.29 is 14.3 Å². The largest absolute Gasteiger partial charge is 0.454 e. The van der Waals surface area contributed by atoms with Crippen molar-refractivity contribution in [1.29, 1.82) is 0 Å². The Morgan fingerprint density at radius 1 is 1.04 bits per heavy atom. The molecule has 0 saturated carbocycles. The number of aromatic nitrogens is 4. The lowest BCUT2D eigenvalue weighted by Crippen LogP contribution is -2.14. The molecule has 0 unspecified atom stereocenters. The van der Waals surface area contributed by atoms with Gasteiger partial charge in [0.15, 0.2) is 12.4 Å². The van der Waals surface area contributed by atoms with Crippen molar-refractivity contribution >= 4 is 11.8 Å². The fraction of sp³-hybridized carbons (Fsp3) is 0.250. The van der Waals surface area contributed by atoms with Gasteiger partial charge in [-0.1, -0.05) is 38.1 Å². The maximum atomic E-state index is 12.2. The van der Waals surface area contributed by atoms with Gasteiger partial charge >= 0.3 is 5.97 Å². The molecule has 0 radical (unpaired) electrons. The second-order valence-electron chi connectivity index (χ2n) is 6.23. The molecular weight excluding hydrogens is 344 g/mol. The lowest BCUT2D eigenvalue weighted by atomic mass is 9.97. The number of hydrogen-bond acceptors (Lipinski definition) is 6. The van der Waals surface area contributed by atoms with E-state index in [9.17, 15) is 9.59 Å².